The molecule has 1 aliphatic rings. The van der Waals surface area contributed by atoms with E-state index in [1.807, 2.05) is 24.3 Å². The van der Waals surface area contributed by atoms with Gasteiger partial charge >= 0.3 is 0 Å². The summed E-state index contributed by atoms with van der Waals surface area (Å²) in [6, 6.07) is 9.71. The van der Waals surface area contributed by atoms with Crippen molar-refractivity contribution in [3.63, 3.8) is 0 Å². The summed E-state index contributed by atoms with van der Waals surface area (Å²) in [5.41, 5.74) is 1.95. The molecule has 0 unspecified atom stereocenters. The highest BCUT2D eigenvalue weighted by Crippen LogP contribution is 2.20. The predicted octanol–water partition coefficient (Wildman–Crippen LogP) is 1.75. The Morgan fingerprint density at radius 1 is 1.41 bits per heavy atom. The molecule has 1 atom stereocenters. The van der Waals surface area contributed by atoms with Gasteiger partial charge in [0.05, 0.1) is 12.7 Å². The molecule has 2 aromatic rings. The number of nitrogens with one attached hydrogen (secondary N) is 1. The molecule has 0 radical (unpaired) electrons. The molecule has 3 rings (SSSR count). The van der Waals surface area contributed by atoms with Gasteiger partial charge in [0, 0.05) is 36.9 Å². The molecule has 1 fully saturated rings. The van der Waals surface area contributed by atoms with E-state index in [4.69, 9.17) is 4.74 Å². The Morgan fingerprint density at radius 2 is 2.23 bits per heavy atom. The Kier molecular flexibility index (Phi) is 4.39. The average molecular weight is 300 g/mol. The van der Waals surface area contributed by atoms with Crippen LogP contribution >= 0.6 is 0 Å². The number of anilines is 2. The van der Waals surface area contributed by atoms with E-state index in [2.05, 4.69) is 22.2 Å². The van der Waals surface area contributed by atoms with Crippen LogP contribution in [0.1, 0.15) is 6.92 Å². The molecule has 22 heavy (non-hydrogen) atoms. The van der Waals surface area contributed by atoms with Crippen LogP contribution in [-0.2, 0) is 16.1 Å². The van der Waals surface area contributed by atoms with Crippen molar-refractivity contribution in [1.82, 2.24) is 9.78 Å². The molecule has 0 spiro atoms. The molecule has 6 nitrogen and oxygen atoms in total. The monoisotopic (exact) mass is 300 g/mol. The summed E-state index contributed by atoms with van der Waals surface area (Å²) >= 11 is 0. The maximum atomic E-state index is 11.9. The smallest absolute Gasteiger partial charge is 0.246 e. The fraction of sp³-hybridized carbons (Fsp3) is 0.375. The normalized spacial score (nSPS) is 18.2. The van der Waals surface area contributed by atoms with E-state index in [1.165, 1.54) is 0 Å². The molecule has 0 bridgehead atoms. The van der Waals surface area contributed by atoms with Crippen LogP contribution in [0.3, 0.4) is 0 Å². The highest BCUT2D eigenvalue weighted by atomic mass is 16.5. The lowest BCUT2D eigenvalue weighted by Gasteiger charge is -2.33. The van der Waals surface area contributed by atoms with Crippen LogP contribution in [0, 0.1) is 0 Å². The number of benzene rings is 1. The summed E-state index contributed by atoms with van der Waals surface area (Å²) in [6.07, 6.45) is 3.68. The highest BCUT2D eigenvalue weighted by Gasteiger charge is 2.16. The van der Waals surface area contributed by atoms with Crippen LogP contribution in [0.5, 0.6) is 0 Å². The molecule has 0 aliphatic carbocycles. The number of rotatable bonds is 4. The largest absolute Gasteiger partial charge is 0.375 e. The third-order valence-electron chi connectivity index (χ3n) is 3.62. The molecule has 1 aromatic carbocycles. The van der Waals surface area contributed by atoms with Gasteiger partial charge < -0.3 is 15.0 Å². The minimum absolute atomic E-state index is 0.0866. The topological polar surface area (TPSA) is 59.4 Å². The van der Waals surface area contributed by atoms with Crippen molar-refractivity contribution in [2.75, 3.05) is 29.9 Å². The van der Waals surface area contributed by atoms with Crippen molar-refractivity contribution >= 4 is 17.3 Å². The van der Waals surface area contributed by atoms with Gasteiger partial charge in [0.25, 0.3) is 0 Å². The number of hydrogen-bond donors (Lipinski definition) is 1. The zero-order chi connectivity index (χ0) is 15.4. The minimum atomic E-state index is -0.0866. The molecule has 1 aromatic heterocycles. The molecule has 0 saturated carbocycles. The van der Waals surface area contributed by atoms with Gasteiger partial charge in [0.2, 0.25) is 5.91 Å². The summed E-state index contributed by atoms with van der Waals surface area (Å²) in [5.74, 6) is -0.0866. The van der Waals surface area contributed by atoms with Crippen molar-refractivity contribution in [3.8, 4) is 0 Å². The Hall–Kier alpha value is -2.34. The quantitative estimate of drug-likeness (QED) is 0.934. The second kappa shape index (κ2) is 6.62. The van der Waals surface area contributed by atoms with E-state index < -0.39 is 0 Å². The van der Waals surface area contributed by atoms with Crippen LogP contribution in [-0.4, -0.2) is 41.5 Å². The summed E-state index contributed by atoms with van der Waals surface area (Å²) in [7, 11) is 0. The average Bonchev–Trinajstić information content (AvgIpc) is 3.01. The van der Waals surface area contributed by atoms with Crippen molar-refractivity contribution < 1.29 is 9.53 Å². The number of hydrogen-bond acceptors (Lipinski definition) is 4. The van der Waals surface area contributed by atoms with Crippen molar-refractivity contribution in [3.05, 3.63) is 42.7 Å². The molecular weight excluding hydrogens is 280 g/mol. The molecule has 1 amide bonds. The first-order valence-electron chi connectivity index (χ1n) is 7.44. The van der Waals surface area contributed by atoms with Gasteiger partial charge in [-0.3, -0.25) is 9.48 Å². The van der Waals surface area contributed by atoms with Gasteiger partial charge in [0.1, 0.15) is 6.54 Å². The van der Waals surface area contributed by atoms with Crippen LogP contribution in [0.25, 0.3) is 0 Å². The number of morpholine rings is 1. The molecule has 2 heterocycles. The van der Waals surface area contributed by atoms with E-state index in [1.54, 1.807) is 23.1 Å². The zero-order valence-corrected chi connectivity index (χ0v) is 12.6. The highest BCUT2D eigenvalue weighted by molar-refractivity contribution is 5.90. The Morgan fingerprint density at radius 3 is 2.91 bits per heavy atom. The van der Waals surface area contributed by atoms with Gasteiger partial charge in [-0.05, 0) is 37.3 Å². The second-order valence-electron chi connectivity index (χ2n) is 5.43. The van der Waals surface area contributed by atoms with Crippen LogP contribution in [0.2, 0.25) is 0 Å². The van der Waals surface area contributed by atoms with Gasteiger partial charge in [-0.15, -0.1) is 0 Å². The van der Waals surface area contributed by atoms with Crippen LogP contribution in [0.15, 0.2) is 42.7 Å². The molecule has 1 saturated heterocycles. The summed E-state index contributed by atoms with van der Waals surface area (Å²) in [5, 5.41) is 6.89. The Labute approximate surface area is 129 Å². The standard InChI is InChI=1S/C16H20N4O2/c1-13-11-19(9-10-22-13)15-5-3-14(4-6-15)18-16(21)12-20-8-2-7-17-20/h2-8,13H,9-12H2,1H3,(H,18,21)/t13-/m0/s1. The maximum Gasteiger partial charge on any atom is 0.246 e. The number of nitrogens with zero attached hydrogens (tertiary/aromatic N) is 3. The fourth-order valence-electron chi connectivity index (χ4n) is 2.55. The van der Waals surface area contributed by atoms with E-state index in [-0.39, 0.29) is 18.6 Å². The first kappa shape index (κ1) is 14.6. The zero-order valence-electron chi connectivity index (χ0n) is 12.6. The Balaban J connectivity index is 1.58. The molecule has 6 heteroatoms. The summed E-state index contributed by atoms with van der Waals surface area (Å²) < 4.78 is 7.14. The van der Waals surface area contributed by atoms with Gasteiger partial charge in [-0.1, -0.05) is 0 Å². The number of carbonyl (C=O) groups excluding carboxylic acids is 1. The number of aromatic nitrogens is 2. The Bertz CT molecular complexity index is 610. The van der Waals surface area contributed by atoms with E-state index in [0.717, 1.165) is 31.1 Å². The number of amides is 1. The summed E-state index contributed by atoms with van der Waals surface area (Å²) in [4.78, 5) is 14.2. The van der Waals surface area contributed by atoms with E-state index in [9.17, 15) is 4.79 Å². The SMILES string of the molecule is C[C@H]1CN(c2ccc(NC(=O)Cn3cccn3)cc2)CCO1. The number of carbonyl (C=O) groups is 1. The first-order chi connectivity index (χ1) is 10.7. The predicted molar refractivity (Wildman–Crippen MR) is 84.9 cm³/mol. The van der Waals surface area contributed by atoms with E-state index in [0.29, 0.717) is 0 Å². The maximum absolute atomic E-state index is 11.9. The first-order valence-corrected chi connectivity index (χ1v) is 7.44. The van der Waals surface area contributed by atoms with Crippen molar-refractivity contribution in [1.29, 1.82) is 0 Å². The van der Waals surface area contributed by atoms with Gasteiger partial charge in [-0.25, -0.2) is 0 Å². The fourth-order valence-corrected chi connectivity index (χ4v) is 2.55. The molecule has 116 valence electrons. The van der Waals surface area contributed by atoms with Gasteiger partial charge in [0.15, 0.2) is 0 Å². The van der Waals surface area contributed by atoms with E-state index >= 15 is 0 Å². The second-order valence-corrected chi connectivity index (χ2v) is 5.43. The lowest BCUT2D eigenvalue weighted by molar-refractivity contribution is -0.116. The van der Waals surface area contributed by atoms with Gasteiger partial charge in [-0.2, -0.15) is 5.10 Å². The van der Waals surface area contributed by atoms with Crippen molar-refractivity contribution in [2.45, 2.75) is 19.6 Å². The molecule has 1 aliphatic heterocycles. The third kappa shape index (κ3) is 3.65. The third-order valence-corrected chi connectivity index (χ3v) is 3.62. The summed E-state index contributed by atoms with van der Waals surface area (Å²) in [6.45, 7) is 4.84. The van der Waals surface area contributed by atoms with Crippen molar-refractivity contribution in [2.24, 2.45) is 0 Å². The lowest BCUT2D eigenvalue weighted by Crippen LogP contribution is -2.41. The number of ether oxygens (including phenoxy) is 1. The van der Waals surface area contributed by atoms with Crippen LogP contribution in [0.4, 0.5) is 11.4 Å². The molecular formula is C16H20N4O2. The van der Waals surface area contributed by atoms with Crippen LogP contribution < -0.4 is 10.2 Å². The lowest BCUT2D eigenvalue weighted by atomic mass is 10.2. The minimum Gasteiger partial charge on any atom is -0.375 e. The molecule has 1 N–H and O–H groups in total.